The number of anilines is 1. The monoisotopic (exact) mass is 400 g/mol. The number of rotatable bonds is 7. The highest BCUT2D eigenvalue weighted by molar-refractivity contribution is 7.99. The molecule has 0 bridgehead atoms. The third-order valence-electron chi connectivity index (χ3n) is 3.14. The molecule has 0 aliphatic heterocycles. The van der Waals surface area contributed by atoms with Crippen molar-refractivity contribution >= 4 is 52.2 Å². The smallest absolute Gasteiger partial charge is 0.311 e. The van der Waals surface area contributed by atoms with Crippen LogP contribution in [0.25, 0.3) is 0 Å². The molecule has 0 unspecified atom stereocenters. The van der Waals surface area contributed by atoms with Crippen molar-refractivity contribution in [2.45, 2.75) is 5.75 Å². The van der Waals surface area contributed by atoms with E-state index in [-0.39, 0.29) is 23.1 Å². The first-order chi connectivity index (χ1) is 11.9. The molecule has 0 saturated carbocycles. The summed E-state index contributed by atoms with van der Waals surface area (Å²) in [5.74, 6) is 0.578. The van der Waals surface area contributed by atoms with Crippen molar-refractivity contribution in [1.29, 1.82) is 0 Å². The zero-order valence-electron chi connectivity index (χ0n) is 13.1. The third-order valence-corrected chi connectivity index (χ3v) is 4.71. The van der Waals surface area contributed by atoms with Gasteiger partial charge in [-0.15, -0.1) is 11.8 Å². The van der Waals surface area contributed by atoms with Gasteiger partial charge in [-0.25, -0.2) is 0 Å². The SMILES string of the molecule is COc1ccc(CSCC(=O)Nc2cc(Cl)ccc2Cl)cc1[N+](=O)[O-]. The summed E-state index contributed by atoms with van der Waals surface area (Å²) in [7, 11) is 1.38. The van der Waals surface area contributed by atoms with Crippen LogP contribution in [0.5, 0.6) is 5.75 Å². The molecule has 1 amide bonds. The number of halogens is 2. The van der Waals surface area contributed by atoms with Crippen molar-refractivity contribution in [3.05, 3.63) is 62.1 Å². The number of nitro benzene ring substituents is 1. The normalized spacial score (nSPS) is 10.4. The minimum Gasteiger partial charge on any atom is -0.490 e. The van der Waals surface area contributed by atoms with Crippen LogP contribution in [0.2, 0.25) is 10.0 Å². The summed E-state index contributed by atoms with van der Waals surface area (Å²) in [4.78, 5) is 22.5. The van der Waals surface area contributed by atoms with Gasteiger partial charge in [-0.05, 0) is 29.8 Å². The van der Waals surface area contributed by atoms with E-state index in [9.17, 15) is 14.9 Å². The summed E-state index contributed by atoms with van der Waals surface area (Å²) in [6, 6.07) is 9.51. The summed E-state index contributed by atoms with van der Waals surface area (Å²) >= 11 is 13.2. The lowest BCUT2D eigenvalue weighted by atomic mass is 10.2. The maximum atomic E-state index is 12.0. The molecular formula is C16H14Cl2N2O4S. The Hall–Kier alpha value is -1.96. The Morgan fingerprint density at radius 1 is 1.28 bits per heavy atom. The van der Waals surface area contributed by atoms with Crippen LogP contribution < -0.4 is 10.1 Å². The number of benzene rings is 2. The molecule has 1 N–H and O–H groups in total. The first-order valence-electron chi connectivity index (χ1n) is 7.04. The number of nitrogens with one attached hydrogen (secondary N) is 1. The molecule has 0 saturated heterocycles. The Balaban J connectivity index is 1.92. The lowest BCUT2D eigenvalue weighted by Crippen LogP contribution is -2.14. The summed E-state index contributed by atoms with van der Waals surface area (Å²) in [5.41, 5.74) is 1.07. The number of carbonyl (C=O) groups is 1. The van der Waals surface area contributed by atoms with Crippen LogP contribution >= 0.6 is 35.0 Å². The maximum Gasteiger partial charge on any atom is 0.311 e. The molecule has 0 heterocycles. The Kier molecular flexibility index (Phi) is 6.92. The fraction of sp³-hybridized carbons (Fsp3) is 0.188. The van der Waals surface area contributed by atoms with Crippen LogP contribution in [0.3, 0.4) is 0 Å². The van der Waals surface area contributed by atoms with Crippen LogP contribution in [0.15, 0.2) is 36.4 Å². The van der Waals surface area contributed by atoms with Crippen molar-refractivity contribution in [1.82, 2.24) is 0 Å². The molecule has 132 valence electrons. The molecule has 0 spiro atoms. The lowest BCUT2D eigenvalue weighted by molar-refractivity contribution is -0.385. The molecule has 0 aliphatic carbocycles. The second kappa shape index (κ2) is 8.94. The van der Waals surface area contributed by atoms with Gasteiger partial charge in [-0.3, -0.25) is 14.9 Å². The standard InChI is InChI=1S/C16H14Cl2N2O4S/c1-24-15-5-2-10(6-14(15)20(22)23)8-25-9-16(21)19-13-7-11(17)3-4-12(13)18/h2-7H,8-9H2,1H3,(H,19,21). The predicted molar refractivity (Wildman–Crippen MR) is 101 cm³/mol. The Labute approximate surface area is 158 Å². The summed E-state index contributed by atoms with van der Waals surface area (Å²) in [6.45, 7) is 0. The minimum atomic E-state index is -0.499. The number of carbonyl (C=O) groups excluding carboxylic acids is 1. The van der Waals surface area contributed by atoms with Crippen molar-refractivity contribution in [2.75, 3.05) is 18.2 Å². The number of methoxy groups -OCH3 is 1. The fourth-order valence-electron chi connectivity index (χ4n) is 2.01. The lowest BCUT2D eigenvalue weighted by Gasteiger charge is -2.08. The number of nitrogens with zero attached hydrogens (tertiary/aromatic N) is 1. The van der Waals surface area contributed by atoms with Gasteiger partial charge in [0.15, 0.2) is 5.75 Å². The van der Waals surface area contributed by atoms with Crippen LogP contribution in [0.1, 0.15) is 5.56 Å². The Morgan fingerprint density at radius 2 is 2.04 bits per heavy atom. The van der Waals surface area contributed by atoms with Gasteiger partial charge in [0.05, 0.1) is 28.5 Å². The fourth-order valence-corrected chi connectivity index (χ4v) is 3.12. The van der Waals surface area contributed by atoms with E-state index in [4.69, 9.17) is 27.9 Å². The topological polar surface area (TPSA) is 81.5 Å². The maximum absolute atomic E-state index is 12.0. The second-order valence-corrected chi connectivity index (χ2v) is 6.76. The van der Waals surface area contributed by atoms with Gasteiger partial charge in [-0.2, -0.15) is 0 Å². The molecular weight excluding hydrogens is 387 g/mol. The molecule has 0 aliphatic rings. The van der Waals surface area contributed by atoms with Crippen molar-refractivity contribution < 1.29 is 14.5 Å². The summed E-state index contributed by atoms with van der Waals surface area (Å²) in [5, 5.41) is 14.6. The molecule has 0 atom stereocenters. The first kappa shape index (κ1) is 19.4. The average Bonchev–Trinajstić information content (AvgIpc) is 2.58. The van der Waals surface area contributed by atoms with Crippen molar-refractivity contribution in [3.63, 3.8) is 0 Å². The van der Waals surface area contributed by atoms with E-state index in [1.54, 1.807) is 30.3 Å². The minimum absolute atomic E-state index is 0.101. The van der Waals surface area contributed by atoms with Gasteiger partial charge < -0.3 is 10.1 Å². The molecule has 9 heteroatoms. The highest BCUT2D eigenvalue weighted by Gasteiger charge is 2.15. The van der Waals surface area contributed by atoms with Crippen LogP contribution in [-0.4, -0.2) is 23.7 Å². The Bertz CT molecular complexity index is 802. The Morgan fingerprint density at radius 3 is 2.72 bits per heavy atom. The number of ether oxygens (including phenoxy) is 1. The molecule has 0 fully saturated rings. The molecule has 25 heavy (non-hydrogen) atoms. The van der Waals surface area contributed by atoms with E-state index >= 15 is 0 Å². The second-order valence-electron chi connectivity index (χ2n) is 4.93. The summed E-state index contributed by atoms with van der Waals surface area (Å²) in [6.07, 6.45) is 0. The van der Waals surface area contributed by atoms with Gasteiger partial charge in [0.25, 0.3) is 0 Å². The average molecular weight is 401 g/mol. The van der Waals surface area contributed by atoms with Gasteiger partial charge in [0.1, 0.15) is 0 Å². The highest BCUT2D eigenvalue weighted by Crippen LogP contribution is 2.29. The quantitative estimate of drug-likeness (QED) is 0.533. The predicted octanol–water partition coefficient (Wildman–Crippen LogP) is 4.78. The molecule has 0 radical (unpaired) electrons. The van der Waals surface area contributed by atoms with E-state index in [1.807, 2.05) is 0 Å². The van der Waals surface area contributed by atoms with Crippen LogP contribution in [0.4, 0.5) is 11.4 Å². The molecule has 2 aromatic rings. The van der Waals surface area contributed by atoms with E-state index in [0.717, 1.165) is 5.56 Å². The van der Waals surface area contributed by atoms with Crippen molar-refractivity contribution in [2.24, 2.45) is 0 Å². The van der Waals surface area contributed by atoms with Crippen LogP contribution in [0, 0.1) is 10.1 Å². The molecule has 2 rings (SSSR count). The highest BCUT2D eigenvalue weighted by atomic mass is 35.5. The molecule has 2 aromatic carbocycles. The zero-order valence-corrected chi connectivity index (χ0v) is 15.5. The largest absolute Gasteiger partial charge is 0.490 e. The third kappa shape index (κ3) is 5.52. The number of hydrogen-bond donors (Lipinski definition) is 1. The van der Waals surface area contributed by atoms with E-state index in [2.05, 4.69) is 5.32 Å². The molecule has 6 nitrogen and oxygen atoms in total. The van der Waals surface area contributed by atoms with Gasteiger partial charge >= 0.3 is 5.69 Å². The van der Waals surface area contributed by atoms with E-state index < -0.39 is 4.92 Å². The van der Waals surface area contributed by atoms with Crippen LogP contribution in [-0.2, 0) is 10.5 Å². The van der Waals surface area contributed by atoms with E-state index in [0.29, 0.717) is 21.5 Å². The first-order valence-corrected chi connectivity index (χ1v) is 8.95. The summed E-state index contributed by atoms with van der Waals surface area (Å²) < 4.78 is 4.96. The number of hydrogen-bond acceptors (Lipinski definition) is 5. The number of nitro groups is 1. The van der Waals surface area contributed by atoms with Crippen molar-refractivity contribution in [3.8, 4) is 5.75 Å². The zero-order chi connectivity index (χ0) is 18.4. The molecule has 0 aromatic heterocycles. The van der Waals surface area contributed by atoms with Gasteiger partial charge in [0, 0.05) is 16.8 Å². The number of thioether (sulfide) groups is 1. The van der Waals surface area contributed by atoms with Gasteiger partial charge in [-0.1, -0.05) is 29.3 Å². The number of amides is 1. The van der Waals surface area contributed by atoms with E-state index in [1.165, 1.54) is 24.9 Å². The van der Waals surface area contributed by atoms with Gasteiger partial charge in [0.2, 0.25) is 5.91 Å².